The van der Waals surface area contributed by atoms with Gasteiger partial charge in [-0.3, -0.25) is 4.79 Å². The van der Waals surface area contributed by atoms with Crippen LogP contribution < -0.4 is 5.32 Å². The molecule has 0 radical (unpaired) electrons. The van der Waals surface area contributed by atoms with Crippen LogP contribution >= 0.6 is 11.6 Å². The van der Waals surface area contributed by atoms with E-state index in [9.17, 15) is 4.79 Å². The molecule has 0 saturated carbocycles. The van der Waals surface area contributed by atoms with E-state index in [0.717, 1.165) is 27.8 Å². The third kappa shape index (κ3) is 3.44. The van der Waals surface area contributed by atoms with Gasteiger partial charge >= 0.3 is 0 Å². The topological polar surface area (TPSA) is 55.1 Å². The van der Waals surface area contributed by atoms with Gasteiger partial charge in [-0.1, -0.05) is 35.9 Å². The van der Waals surface area contributed by atoms with E-state index >= 15 is 0 Å². The largest absolute Gasteiger partial charge is 0.436 e. The van der Waals surface area contributed by atoms with Crippen LogP contribution in [0.5, 0.6) is 0 Å². The molecule has 1 aromatic heterocycles. The fourth-order valence-electron chi connectivity index (χ4n) is 2.88. The Morgan fingerprint density at radius 1 is 1.04 bits per heavy atom. The highest BCUT2D eigenvalue weighted by atomic mass is 35.5. The number of rotatable bonds is 3. The monoisotopic (exact) mass is 376 g/mol. The van der Waals surface area contributed by atoms with Gasteiger partial charge in [0.15, 0.2) is 5.58 Å². The number of carbonyl (C=O) groups is 1. The quantitative estimate of drug-likeness (QED) is 0.475. The standard InChI is InChI=1S/C22H17ClN2O2/c1-13-7-10-18-20(11-13)27-22(25-18)15-9-8-14(2)19(12-15)24-21(26)16-5-3-4-6-17(16)23/h3-12H,1-2H3,(H,24,26). The number of fused-ring (bicyclic) bond motifs is 1. The smallest absolute Gasteiger partial charge is 0.257 e. The van der Waals surface area contributed by atoms with E-state index in [1.807, 2.05) is 50.2 Å². The fraction of sp³-hybridized carbons (Fsp3) is 0.0909. The number of nitrogens with zero attached hydrogens (tertiary/aromatic N) is 1. The first-order valence-corrected chi connectivity index (χ1v) is 8.93. The molecule has 0 spiro atoms. The maximum absolute atomic E-state index is 12.6. The van der Waals surface area contributed by atoms with Crippen molar-refractivity contribution in [3.05, 3.63) is 82.4 Å². The van der Waals surface area contributed by atoms with E-state index in [2.05, 4.69) is 10.3 Å². The van der Waals surface area contributed by atoms with Crippen LogP contribution in [0.3, 0.4) is 0 Å². The summed E-state index contributed by atoms with van der Waals surface area (Å²) in [4.78, 5) is 17.1. The number of benzene rings is 3. The van der Waals surface area contributed by atoms with Gasteiger partial charge in [0, 0.05) is 11.3 Å². The Labute approximate surface area is 161 Å². The van der Waals surface area contributed by atoms with Crippen molar-refractivity contribution in [2.45, 2.75) is 13.8 Å². The predicted molar refractivity (Wildman–Crippen MR) is 108 cm³/mol. The van der Waals surface area contributed by atoms with Gasteiger partial charge in [0.2, 0.25) is 5.89 Å². The van der Waals surface area contributed by atoms with Crippen LogP contribution in [0.2, 0.25) is 5.02 Å². The summed E-state index contributed by atoms with van der Waals surface area (Å²) in [5.41, 5.74) is 5.51. The van der Waals surface area contributed by atoms with Crippen molar-refractivity contribution in [2.75, 3.05) is 5.32 Å². The first-order chi connectivity index (χ1) is 13.0. The van der Waals surface area contributed by atoms with Crippen LogP contribution in [-0.4, -0.2) is 10.9 Å². The second-order valence-corrected chi connectivity index (χ2v) is 6.86. The Hall–Kier alpha value is -3.11. The Morgan fingerprint density at radius 3 is 2.67 bits per heavy atom. The lowest BCUT2D eigenvalue weighted by Gasteiger charge is -2.10. The van der Waals surface area contributed by atoms with Crippen molar-refractivity contribution in [1.29, 1.82) is 0 Å². The minimum Gasteiger partial charge on any atom is -0.436 e. The maximum atomic E-state index is 12.6. The van der Waals surface area contributed by atoms with Crippen LogP contribution in [0, 0.1) is 13.8 Å². The number of aryl methyl sites for hydroxylation is 2. The molecule has 0 aliphatic heterocycles. The van der Waals surface area contributed by atoms with Crippen molar-refractivity contribution in [3.8, 4) is 11.5 Å². The number of amides is 1. The molecule has 1 amide bonds. The first-order valence-electron chi connectivity index (χ1n) is 8.55. The average molecular weight is 377 g/mol. The summed E-state index contributed by atoms with van der Waals surface area (Å²) in [5.74, 6) is 0.262. The van der Waals surface area contributed by atoms with Gasteiger partial charge in [-0.15, -0.1) is 0 Å². The van der Waals surface area contributed by atoms with E-state index in [4.69, 9.17) is 16.0 Å². The Balaban J connectivity index is 1.68. The lowest BCUT2D eigenvalue weighted by molar-refractivity contribution is 0.102. The molecule has 0 aliphatic rings. The second-order valence-electron chi connectivity index (χ2n) is 6.45. The predicted octanol–water partition coefficient (Wildman–Crippen LogP) is 6.02. The molecule has 0 unspecified atom stereocenters. The van der Waals surface area contributed by atoms with E-state index in [1.54, 1.807) is 24.3 Å². The summed E-state index contributed by atoms with van der Waals surface area (Å²) in [5, 5.41) is 3.34. The van der Waals surface area contributed by atoms with Crippen molar-refractivity contribution in [1.82, 2.24) is 4.98 Å². The summed E-state index contributed by atoms with van der Waals surface area (Å²) in [7, 11) is 0. The van der Waals surface area contributed by atoms with Crippen molar-refractivity contribution in [3.63, 3.8) is 0 Å². The van der Waals surface area contributed by atoms with Crippen molar-refractivity contribution >= 4 is 34.3 Å². The third-order valence-corrected chi connectivity index (χ3v) is 4.72. The van der Waals surface area contributed by atoms with Crippen LogP contribution in [0.15, 0.2) is 65.1 Å². The summed E-state index contributed by atoms with van der Waals surface area (Å²) >= 11 is 6.12. The van der Waals surface area contributed by atoms with E-state index in [0.29, 0.717) is 22.2 Å². The SMILES string of the molecule is Cc1ccc2nc(-c3ccc(C)c(NC(=O)c4ccccc4Cl)c3)oc2c1. The molecule has 4 rings (SSSR count). The molecule has 5 heteroatoms. The summed E-state index contributed by atoms with van der Waals surface area (Å²) in [6, 6.07) is 18.6. The Kier molecular flexibility index (Phi) is 4.42. The molecule has 27 heavy (non-hydrogen) atoms. The molecule has 1 heterocycles. The van der Waals surface area contributed by atoms with E-state index in [-0.39, 0.29) is 5.91 Å². The minimum absolute atomic E-state index is 0.256. The zero-order valence-corrected chi connectivity index (χ0v) is 15.7. The van der Waals surface area contributed by atoms with Gasteiger partial charge in [0.05, 0.1) is 10.6 Å². The zero-order chi connectivity index (χ0) is 19.0. The van der Waals surface area contributed by atoms with E-state index < -0.39 is 0 Å². The molecule has 0 bridgehead atoms. The molecule has 4 aromatic rings. The number of aromatic nitrogens is 1. The highest BCUT2D eigenvalue weighted by Gasteiger charge is 2.14. The van der Waals surface area contributed by atoms with Crippen molar-refractivity contribution in [2.24, 2.45) is 0 Å². The number of nitrogens with one attached hydrogen (secondary N) is 1. The molecule has 0 fully saturated rings. The molecule has 0 aliphatic carbocycles. The molecule has 3 aromatic carbocycles. The summed E-state index contributed by atoms with van der Waals surface area (Å²) in [6.07, 6.45) is 0. The summed E-state index contributed by atoms with van der Waals surface area (Å²) in [6.45, 7) is 3.94. The lowest BCUT2D eigenvalue weighted by atomic mass is 10.1. The Morgan fingerprint density at radius 2 is 1.85 bits per heavy atom. The lowest BCUT2D eigenvalue weighted by Crippen LogP contribution is -2.13. The molecule has 134 valence electrons. The van der Waals surface area contributed by atoms with Crippen LogP contribution in [0.4, 0.5) is 5.69 Å². The number of carbonyl (C=O) groups excluding carboxylic acids is 1. The van der Waals surface area contributed by atoms with Gasteiger partial charge < -0.3 is 9.73 Å². The normalized spacial score (nSPS) is 10.9. The maximum Gasteiger partial charge on any atom is 0.257 e. The number of hydrogen-bond acceptors (Lipinski definition) is 3. The summed E-state index contributed by atoms with van der Waals surface area (Å²) < 4.78 is 5.89. The van der Waals surface area contributed by atoms with Gasteiger partial charge in [-0.05, 0) is 61.4 Å². The zero-order valence-electron chi connectivity index (χ0n) is 14.9. The van der Waals surface area contributed by atoms with Gasteiger partial charge in [-0.2, -0.15) is 0 Å². The minimum atomic E-state index is -0.256. The molecule has 0 atom stereocenters. The van der Waals surface area contributed by atoms with Gasteiger partial charge in [-0.25, -0.2) is 4.98 Å². The molecule has 4 nitrogen and oxygen atoms in total. The van der Waals surface area contributed by atoms with Crippen molar-refractivity contribution < 1.29 is 9.21 Å². The average Bonchev–Trinajstić information content (AvgIpc) is 3.07. The fourth-order valence-corrected chi connectivity index (χ4v) is 3.10. The highest BCUT2D eigenvalue weighted by molar-refractivity contribution is 6.34. The molecular formula is C22H17ClN2O2. The molecule has 0 saturated heterocycles. The third-order valence-electron chi connectivity index (χ3n) is 4.40. The van der Waals surface area contributed by atoms with Crippen LogP contribution in [0.1, 0.15) is 21.5 Å². The second kappa shape index (κ2) is 6.89. The highest BCUT2D eigenvalue weighted by Crippen LogP contribution is 2.29. The number of halogens is 1. The molecular weight excluding hydrogens is 360 g/mol. The van der Waals surface area contributed by atoms with Crippen LogP contribution in [-0.2, 0) is 0 Å². The van der Waals surface area contributed by atoms with Gasteiger partial charge in [0.1, 0.15) is 5.52 Å². The number of hydrogen-bond donors (Lipinski definition) is 1. The van der Waals surface area contributed by atoms with Crippen LogP contribution in [0.25, 0.3) is 22.6 Å². The number of anilines is 1. The number of oxazole rings is 1. The van der Waals surface area contributed by atoms with E-state index in [1.165, 1.54) is 0 Å². The van der Waals surface area contributed by atoms with Gasteiger partial charge in [0.25, 0.3) is 5.91 Å². The Bertz CT molecular complexity index is 1160. The first kappa shape index (κ1) is 17.3. The molecule has 1 N–H and O–H groups in total.